The summed E-state index contributed by atoms with van der Waals surface area (Å²) in [5.74, 6) is 0. The van der Waals surface area contributed by atoms with Crippen molar-refractivity contribution in [3.63, 3.8) is 0 Å². The lowest BCUT2D eigenvalue weighted by molar-refractivity contribution is -0.427. The minimum absolute atomic E-state index is 0.215. The van der Waals surface area contributed by atoms with Crippen LogP contribution in [0.25, 0.3) is 0 Å². The maximum absolute atomic E-state index is 10.2. The van der Waals surface area contributed by atoms with Crippen LogP contribution >= 0.6 is 0 Å². The Bertz CT molecular complexity index is 238. The molecule has 52 valence electrons. The SMILES string of the molecule is C=C1C=CC=C([N+](=O)[O-])C1. The first-order chi connectivity index (χ1) is 4.70. The highest BCUT2D eigenvalue weighted by molar-refractivity contribution is 5.29. The van der Waals surface area contributed by atoms with Gasteiger partial charge in [-0.05, 0) is 5.57 Å². The van der Waals surface area contributed by atoms with E-state index in [1.807, 2.05) is 0 Å². The maximum atomic E-state index is 10.2. The first-order valence-electron chi connectivity index (χ1n) is 2.89. The van der Waals surface area contributed by atoms with Crippen LogP contribution < -0.4 is 0 Å². The van der Waals surface area contributed by atoms with E-state index < -0.39 is 0 Å². The molecule has 0 atom stereocenters. The van der Waals surface area contributed by atoms with E-state index in [9.17, 15) is 10.1 Å². The number of hydrogen-bond acceptors (Lipinski definition) is 2. The minimum atomic E-state index is -0.380. The second kappa shape index (κ2) is 2.47. The largest absolute Gasteiger partial charge is 0.259 e. The molecule has 0 unspecified atom stereocenters. The van der Waals surface area contributed by atoms with Gasteiger partial charge in [-0.1, -0.05) is 18.7 Å². The Hall–Kier alpha value is -1.38. The molecule has 0 radical (unpaired) electrons. The van der Waals surface area contributed by atoms with Gasteiger partial charge in [0.2, 0.25) is 0 Å². The van der Waals surface area contributed by atoms with Gasteiger partial charge in [-0.15, -0.1) is 0 Å². The number of nitro groups is 1. The number of nitrogens with zero attached hydrogens (tertiary/aromatic N) is 1. The van der Waals surface area contributed by atoms with E-state index in [2.05, 4.69) is 6.58 Å². The predicted octanol–water partition coefficient (Wildman–Crippen LogP) is 1.66. The van der Waals surface area contributed by atoms with Gasteiger partial charge in [0.1, 0.15) is 0 Å². The van der Waals surface area contributed by atoms with E-state index in [1.165, 1.54) is 6.08 Å². The van der Waals surface area contributed by atoms with Crippen LogP contribution in [0.2, 0.25) is 0 Å². The van der Waals surface area contributed by atoms with Gasteiger partial charge >= 0.3 is 0 Å². The van der Waals surface area contributed by atoms with E-state index in [-0.39, 0.29) is 10.6 Å². The van der Waals surface area contributed by atoms with E-state index >= 15 is 0 Å². The van der Waals surface area contributed by atoms with Gasteiger partial charge in [-0.3, -0.25) is 10.1 Å². The van der Waals surface area contributed by atoms with Crippen LogP contribution in [0.3, 0.4) is 0 Å². The van der Waals surface area contributed by atoms with Crippen molar-refractivity contribution in [2.24, 2.45) is 0 Å². The van der Waals surface area contributed by atoms with Crippen LogP contribution in [0.1, 0.15) is 6.42 Å². The molecule has 0 bridgehead atoms. The summed E-state index contributed by atoms with van der Waals surface area (Å²) >= 11 is 0. The normalized spacial score (nSPS) is 16.8. The summed E-state index contributed by atoms with van der Waals surface area (Å²) in [6, 6.07) is 0. The van der Waals surface area contributed by atoms with Gasteiger partial charge in [0.15, 0.2) is 0 Å². The Morgan fingerprint density at radius 1 is 1.70 bits per heavy atom. The standard InChI is InChI=1S/C7H7NO2/c1-6-3-2-4-7(5-6)8(9)10/h2-4H,1,5H2. The number of allylic oxidation sites excluding steroid dienone is 4. The summed E-state index contributed by atoms with van der Waals surface area (Å²) in [5, 5.41) is 10.2. The van der Waals surface area contributed by atoms with E-state index in [0.717, 1.165) is 5.57 Å². The summed E-state index contributed by atoms with van der Waals surface area (Å²) in [6.45, 7) is 3.61. The smallest absolute Gasteiger partial charge is 0.250 e. The van der Waals surface area contributed by atoms with Crippen molar-refractivity contribution in [3.8, 4) is 0 Å². The fraction of sp³-hybridized carbons (Fsp3) is 0.143. The molecule has 0 saturated carbocycles. The lowest BCUT2D eigenvalue weighted by atomic mass is 10.1. The lowest BCUT2D eigenvalue weighted by Crippen LogP contribution is -2.00. The Balaban J connectivity index is 2.80. The Kier molecular flexibility index (Phi) is 1.67. The zero-order valence-electron chi connectivity index (χ0n) is 5.41. The molecule has 3 nitrogen and oxygen atoms in total. The third-order valence-corrected chi connectivity index (χ3v) is 1.26. The second-order valence-electron chi connectivity index (χ2n) is 2.11. The molecule has 1 rings (SSSR count). The lowest BCUT2D eigenvalue weighted by Gasteiger charge is -2.00. The molecule has 0 amide bonds. The van der Waals surface area contributed by atoms with Crippen molar-refractivity contribution in [1.82, 2.24) is 0 Å². The summed E-state index contributed by atoms with van der Waals surface area (Å²) in [7, 11) is 0. The molecule has 0 aromatic carbocycles. The third kappa shape index (κ3) is 1.31. The monoisotopic (exact) mass is 137 g/mol. The molecule has 1 aliphatic rings. The molecule has 0 fully saturated rings. The van der Waals surface area contributed by atoms with Crippen molar-refractivity contribution >= 4 is 0 Å². The predicted molar refractivity (Wildman–Crippen MR) is 38.0 cm³/mol. The molecule has 0 aromatic heterocycles. The molecule has 0 spiro atoms. The van der Waals surface area contributed by atoms with Crippen LogP contribution in [0.15, 0.2) is 36.1 Å². The highest BCUT2D eigenvalue weighted by Crippen LogP contribution is 2.15. The summed E-state index contributed by atoms with van der Waals surface area (Å²) < 4.78 is 0. The molecular formula is C7H7NO2. The third-order valence-electron chi connectivity index (χ3n) is 1.26. The van der Waals surface area contributed by atoms with Crippen LogP contribution in [0.4, 0.5) is 0 Å². The Labute approximate surface area is 58.5 Å². The quantitative estimate of drug-likeness (QED) is 0.407. The van der Waals surface area contributed by atoms with Crippen molar-refractivity contribution < 1.29 is 4.92 Å². The number of rotatable bonds is 1. The van der Waals surface area contributed by atoms with Gasteiger partial charge in [-0.25, -0.2) is 0 Å². The fourth-order valence-electron chi connectivity index (χ4n) is 0.771. The van der Waals surface area contributed by atoms with Gasteiger partial charge in [0.25, 0.3) is 5.70 Å². The maximum Gasteiger partial charge on any atom is 0.250 e. The van der Waals surface area contributed by atoms with Crippen LogP contribution in [-0.4, -0.2) is 4.92 Å². The van der Waals surface area contributed by atoms with Crippen molar-refractivity contribution in [2.45, 2.75) is 6.42 Å². The van der Waals surface area contributed by atoms with Crippen molar-refractivity contribution in [2.75, 3.05) is 0 Å². The zero-order valence-corrected chi connectivity index (χ0v) is 5.41. The molecule has 10 heavy (non-hydrogen) atoms. The molecule has 0 heterocycles. The highest BCUT2D eigenvalue weighted by atomic mass is 16.6. The van der Waals surface area contributed by atoms with Gasteiger partial charge < -0.3 is 0 Å². The molecule has 0 saturated heterocycles. The van der Waals surface area contributed by atoms with E-state index in [4.69, 9.17) is 0 Å². The minimum Gasteiger partial charge on any atom is -0.259 e. The fourth-order valence-corrected chi connectivity index (χ4v) is 0.771. The van der Waals surface area contributed by atoms with Gasteiger partial charge in [0.05, 0.1) is 11.3 Å². The number of hydrogen-bond donors (Lipinski definition) is 0. The molecule has 1 aliphatic carbocycles. The second-order valence-corrected chi connectivity index (χ2v) is 2.11. The zero-order chi connectivity index (χ0) is 7.56. The average Bonchev–Trinajstić information content (AvgIpc) is 1.88. The molecule has 3 heteroatoms. The topological polar surface area (TPSA) is 43.1 Å². The molecular weight excluding hydrogens is 130 g/mol. The van der Waals surface area contributed by atoms with Crippen molar-refractivity contribution in [3.05, 3.63) is 46.2 Å². The van der Waals surface area contributed by atoms with Crippen LogP contribution in [-0.2, 0) is 0 Å². The average molecular weight is 137 g/mol. The Morgan fingerprint density at radius 3 is 2.80 bits per heavy atom. The molecule has 0 aliphatic heterocycles. The van der Waals surface area contributed by atoms with E-state index in [0.29, 0.717) is 6.42 Å². The van der Waals surface area contributed by atoms with Crippen LogP contribution in [0.5, 0.6) is 0 Å². The molecule has 0 N–H and O–H groups in total. The summed E-state index contributed by atoms with van der Waals surface area (Å²) in [6.07, 6.45) is 5.27. The summed E-state index contributed by atoms with van der Waals surface area (Å²) in [4.78, 5) is 9.78. The first-order valence-corrected chi connectivity index (χ1v) is 2.89. The van der Waals surface area contributed by atoms with E-state index in [1.54, 1.807) is 12.2 Å². The van der Waals surface area contributed by atoms with Gasteiger partial charge in [-0.2, -0.15) is 0 Å². The first kappa shape index (κ1) is 6.74. The molecule has 0 aromatic rings. The van der Waals surface area contributed by atoms with Gasteiger partial charge in [0, 0.05) is 6.08 Å². The van der Waals surface area contributed by atoms with Crippen molar-refractivity contribution in [1.29, 1.82) is 0 Å². The highest BCUT2D eigenvalue weighted by Gasteiger charge is 2.12. The summed E-state index contributed by atoms with van der Waals surface area (Å²) in [5.41, 5.74) is 1.00. The Morgan fingerprint density at radius 2 is 2.40 bits per heavy atom. The van der Waals surface area contributed by atoms with Crippen LogP contribution in [0, 0.1) is 10.1 Å².